The molecule has 0 aliphatic heterocycles. The van der Waals surface area contributed by atoms with Crippen molar-refractivity contribution in [1.29, 1.82) is 0 Å². The molecule has 1 aromatic heterocycles. The zero-order valence-electron chi connectivity index (χ0n) is 8.07. The molecular weight excluding hydrogens is 245 g/mol. The van der Waals surface area contributed by atoms with Crippen LogP contribution < -0.4 is 0 Å². The van der Waals surface area contributed by atoms with Crippen LogP contribution in [0.5, 0.6) is 0 Å². The van der Waals surface area contributed by atoms with E-state index < -0.39 is 5.67 Å². The van der Waals surface area contributed by atoms with E-state index >= 15 is 0 Å². The van der Waals surface area contributed by atoms with E-state index in [-0.39, 0.29) is 0 Å². The van der Waals surface area contributed by atoms with Crippen molar-refractivity contribution in [2.75, 3.05) is 0 Å². The molecule has 1 nitrogen and oxygen atoms in total. The molecule has 0 amide bonds. The van der Waals surface area contributed by atoms with E-state index in [1.54, 1.807) is 13.8 Å². The highest BCUT2D eigenvalue weighted by atomic mass is 79.9. The van der Waals surface area contributed by atoms with Gasteiger partial charge in [-0.1, -0.05) is 15.9 Å². The number of benzene rings is 1. The van der Waals surface area contributed by atoms with Crippen molar-refractivity contribution < 1.29 is 4.39 Å². The first kappa shape index (κ1) is 9.71. The number of hydrogen-bond acceptors (Lipinski definition) is 0. The second-order valence-electron chi connectivity index (χ2n) is 3.89. The van der Waals surface area contributed by atoms with Crippen molar-refractivity contribution in [3.05, 3.63) is 34.4 Å². The number of hydrogen-bond donors (Lipinski definition) is 1. The second kappa shape index (κ2) is 3.09. The fraction of sp³-hybridized carbons (Fsp3) is 0.273. The minimum absolute atomic E-state index is 0.616. The lowest BCUT2D eigenvalue weighted by Gasteiger charge is -2.10. The predicted molar refractivity (Wildman–Crippen MR) is 60.1 cm³/mol. The van der Waals surface area contributed by atoms with Gasteiger partial charge >= 0.3 is 0 Å². The van der Waals surface area contributed by atoms with Crippen LogP contribution in [-0.4, -0.2) is 4.98 Å². The van der Waals surface area contributed by atoms with Gasteiger partial charge in [-0.15, -0.1) is 0 Å². The number of H-pyrrole nitrogens is 1. The minimum atomic E-state index is -1.31. The third-order valence-electron chi connectivity index (χ3n) is 2.22. The molecule has 0 saturated carbocycles. The van der Waals surface area contributed by atoms with Crippen LogP contribution in [-0.2, 0) is 5.67 Å². The summed E-state index contributed by atoms with van der Waals surface area (Å²) < 4.78 is 14.6. The average Bonchev–Trinajstić information content (AvgIpc) is 2.45. The zero-order chi connectivity index (χ0) is 10.3. The molecule has 0 atom stereocenters. The Morgan fingerprint density at radius 1 is 1.29 bits per heavy atom. The second-order valence-corrected chi connectivity index (χ2v) is 4.80. The van der Waals surface area contributed by atoms with Gasteiger partial charge in [0.05, 0.1) is 5.69 Å². The lowest BCUT2D eigenvalue weighted by Crippen LogP contribution is -2.08. The Morgan fingerprint density at radius 3 is 2.64 bits per heavy atom. The average molecular weight is 256 g/mol. The quantitative estimate of drug-likeness (QED) is 0.789. The lowest BCUT2D eigenvalue weighted by molar-refractivity contribution is 0.215. The normalized spacial score (nSPS) is 12.3. The molecule has 0 bridgehead atoms. The first-order valence-corrected chi connectivity index (χ1v) is 5.24. The Morgan fingerprint density at radius 2 is 2.00 bits per heavy atom. The van der Waals surface area contributed by atoms with Crippen LogP contribution in [0, 0.1) is 0 Å². The van der Waals surface area contributed by atoms with Crippen LogP contribution in [0.25, 0.3) is 10.9 Å². The number of rotatable bonds is 1. The van der Waals surface area contributed by atoms with E-state index in [9.17, 15) is 4.39 Å². The van der Waals surface area contributed by atoms with Crippen molar-refractivity contribution in [2.24, 2.45) is 0 Å². The third kappa shape index (κ3) is 1.69. The minimum Gasteiger partial charge on any atom is -0.356 e. The van der Waals surface area contributed by atoms with Gasteiger partial charge in [0.2, 0.25) is 0 Å². The van der Waals surface area contributed by atoms with Gasteiger partial charge in [-0.25, -0.2) is 4.39 Å². The number of aromatic amines is 1. The standard InChI is InChI=1S/C11H11BrFN/c1-11(2,13)10-6-7-5-8(12)3-4-9(7)14-10/h3-6,14H,1-2H3. The van der Waals surface area contributed by atoms with Crippen molar-refractivity contribution >= 4 is 26.8 Å². The summed E-state index contributed by atoms with van der Waals surface area (Å²) in [4.78, 5) is 3.07. The maximum atomic E-state index is 13.6. The molecule has 14 heavy (non-hydrogen) atoms. The Bertz CT molecular complexity index is 468. The topological polar surface area (TPSA) is 15.8 Å². The van der Waals surface area contributed by atoms with Crippen LogP contribution >= 0.6 is 15.9 Å². The van der Waals surface area contributed by atoms with Crippen molar-refractivity contribution in [1.82, 2.24) is 4.98 Å². The van der Waals surface area contributed by atoms with E-state index in [2.05, 4.69) is 20.9 Å². The molecular formula is C11H11BrFN. The summed E-state index contributed by atoms with van der Waals surface area (Å²) in [5.41, 5.74) is 0.269. The first-order chi connectivity index (χ1) is 6.47. The van der Waals surface area contributed by atoms with E-state index in [1.807, 2.05) is 24.3 Å². The SMILES string of the molecule is CC(C)(F)c1cc2cc(Br)ccc2[nH]1. The fourth-order valence-corrected chi connectivity index (χ4v) is 1.80. The van der Waals surface area contributed by atoms with Gasteiger partial charge in [-0.3, -0.25) is 0 Å². The van der Waals surface area contributed by atoms with Crippen LogP contribution in [0.4, 0.5) is 4.39 Å². The summed E-state index contributed by atoms with van der Waals surface area (Å²) >= 11 is 3.38. The number of aromatic nitrogens is 1. The molecule has 3 heteroatoms. The Balaban J connectivity index is 2.63. The first-order valence-electron chi connectivity index (χ1n) is 4.44. The number of nitrogens with one attached hydrogen (secondary N) is 1. The molecule has 0 radical (unpaired) electrons. The fourth-order valence-electron chi connectivity index (χ4n) is 1.42. The van der Waals surface area contributed by atoms with Crippen LogP contribution in [0.15, 0.2) is 28.7 Å². The predicted octanol–water partition coefficient (Wildman–Crippen LogP) is 4.14. The maximum absolute atomic E-state index is 13.6. The maximum Gasteiger partial charge on any atom is 0.145 e. The summed E-state index contributed by atoms with van der Waals surface area (Å²) in [5.74, 6) is 0. The number of halogens is 2. The summed E-state index contributed by atoms with van der Waals surface area (Å²) in [6.07, 6.45) is 0. The highest BCUT2D eigenvalue weighted by Gasteiger charge is 2.20. The molecule has 2 aromatic rings. The number of alkyl halides is 1. The molecule has 0 unspecified atom stereocenters. The van der Waals surface area contributed by atoms with Gasteiger partial charge in [0, 0.05) is 15.4 Å². The summed E-state index contributed by atoms with van der Waals surface area (Å²) in [6, 6.07) is 7.70. The number of fused-ring (bicyclic) bond motifs is 1. The van der Waals surface area contributed by atoms with E-state index in [0.717, 1.165) is 15.4 Å². The molecule has 2 rings (SSSR count). The molecule has 0 spiro atoms. The van der Waals surface area contributed by atoms with E-state index in [1.165, 1.54) is 0 Å². The molecule has 74 valence electrons. The summed E-state index contributed by atoms with van der Waals surface area (Å²) in [5, 5.41) is 1.03. The lowest BCUT2D eigenvalue weighted by atomic mass is 10.1. The molecule has 0 aliphatic carbocycles. The van der Waals surface area contributed by atoms with Crippen LogP contribution in [0.1, 0.15) is 19.5 Å². The van der Waals surface area contributed by atoms with Gasteiger partial charge in [-0.2, -0.15) is 0 Å². The Kier molecular flexibility index (Phi) is 2.14. The van der Waals surface area contributed by atoms with Gasteiger partial charge in [0.1, 0.15) is 5.67 Å². The van der Waals surface area contributed by atoms with E-state index in [0.29, 0.717) is 5.69 Å². The summed E-state index contributed by atoms with van der Waals surface area (Å²) in [7, 11) is 0. The zero-order valence-corrected chi connectivity index (χ0v) is 9.65. The van der Waals surface area contributed by atoms with Gasteiger partial charge in [0.15, 0.2) is 0 Å². The molecule has 1 N–H and O–H groups in total. The van der Waals surface area contributed by atoms with Crippen molar-refractivity contribution in [3.63, 3.8) is 0 Å². The van der Waals surface area contributed by atoms with Gasteiger partial charge in [0.25, 0.3) is 0 Å². The highest BCUT2D eigenvalue weighted by molar-refractivity contribution is 9.10. The third-order valence-corrected chi connectivity index (χ3v) is 2.72. The van der Waals surface area contributed by atoms with Gasteiger partial charge < -0.3 is 4.98 Å². The molecule has 0 aliphatic rings. The van der Waals surface area contributed by atoms with Crippen LogP contribution in [0.3, 0.4) is 0 Å². The van der Waals surface area contributed by atoms with E-state index in [4.69, 9.17) is 0 Å². The Labute approximate surface area is 90.5 Å². The van der Waals surface area contributed by atoms with Crippen LogP contribution in [0.2, 0.25) is 0 Å². The van der Waals surface area contributed by atoms with Crippen molar-refractivity contribution in [2.45, 2.75) is 19.5 Å². The highest BCUT2D eigenvalue weighted by Crippen LogP contribution is 2.28. The molecule has 1 aromatic carbocycles. The molecule has 1 heterocycles. The smallest absolute Gasteiger partial charge is 0.145 e. The van der Waals surface area contributed by atoms with Gasteiger partial charge in [-0.05, 0) is 38.1 Å². The van der Waals surface area contributed by atoms with Crippen molar-refractivity contribution in [3.8, 4) is 0 Å². The molecule has 0 saturated heterocycles. The summed E-state index contributed by atoms with van der Waals surface area (Å²) in [6.45, 7) is 3.10. The molecule has 0 fully saturated rings. The Hall–Kier alpha value is -0.830. The largest absolute Gasteiger partial charge is 0.356 e. The monoisotopic (exact) mass is 255 g/mol.